The Bertz CT molecular complexity index is 1340. The minimum Gasteiger partial charge on any atom is -0.325 e. The number of hydrogen-bond acceptors (Lipinski definition) is 6. The molecule has 0 fully saturated rings. The van der Waals surface area contributed by atoms with Crippen LogP contribution in [0.3, 0.4) is 0 Å². The number of carbonyl (C=O) groups excluding carboxylic acids is 2. The second-order valence-electron chi connectivity index (χ2n) is 7.04. The number of carbonyl (C=O) groups is 2. The van der Waals surface area contributed by atoms with E-state index in [9.17, 15) is 14.4 Å². The van der Waals surface area contributed by atoms with Crippen LogP contribution >= 0.6 is 23.1 Å². The maximum absolute atomic E-state index is 12.7. The van der Waals surface area contributed by atoms with Gasteiger partial charge in [-0.3, -0.25) is 14.4 Å². The summed E-state index contributed by atoms with van der Waals surface area (Å²) in [6, 6.07) is 14.8. The fourth-order valence-corrected chi connectivity index (χ4v) is 4.76. The third kappa shape index (κ3) is 4.76. The average Bonchev–Trinajstić information content (AvgIpc) is 3.17. The zero-order valence-corrected chi connectivity index (χ0v) is 18.5. The highest BCUT2D eigenvalue weighted by Crippen LogP contribution is 2.31. The molecule has 0 saturated heterocycles. The Morgan fingerprint density at radius 1 is 1.16 bits per heavy atom. The SMILES string of the molecule is CC(=O)c1cccc(NC(=O)CSc2nc3scc(-c4ccc(C)cc4)c3c(=O)[nH]2)c1. The highest BCUT2D eigenvalue weighted by Gasteiger charge is 2.14. The van der Waals surface area contributed by atoms with E-state index in [-0.39, 0.29) is 23.0 Å². The Morgan fingerprint density at radius 3 is 2.68 bits per heavy atom. The predicted octanol–water partition coefficient (Wildman–Crippen LogP) is 4.89. The van der Waals surface area contributed by atoms with E-state index in [0.717, 1.165) is 28.5 Å². The summed E-state index contributed by atoms with van der Waals surface area (Å²) in [5.74, 6) is -0.240. The standard InChI is InChI=1S/C23H19N3O3S2/c1-13-6-8-15(9-7-13)18-11-30-22-20(18)21(29)25-23(26-22)31-12-19(28)24-17-5-3-4-16(10-17)14(2)27/h3-11H,12H2,1-2H3,(H,24,28)(H,25,26,29). The molecular formula is C23H19N3O3S2. The van der Waals surface area contributed by atoms with E-state index in [1.165, 1.54) is 18.3 Å². The largest absolute Gasteiger partial charge is 0.325 e. The number of Topliss-reactive ketones (excluding diaryl/α,β-unsaturated/α-hetero) is 1. The van der Waals surface area contributed by atoms with Gasteiger partial charge < -0.3 is 10.3 Å². The molecule has 0 aliphatic rings. The fourth-order valence-electron chi connectivity index (χ4n) is 3.09. The lowest BCUT2D eigenvalue weighted by atomic mass is 10.1. The van der Waals surface area contributed by atoms with E-state index in [1.54, 1.807) is 24.3 Å². The van der Waals surface area contributed by atoms with Crippen molar-refractivity contribution in [3.8, 4) is 11.1 Å². The molecule has 2 heterocycles. The van der Waals surface area contributed by atoms with Crippen molar-refractivity contribution in [2.75, 3.05) is 11.1 Å². The van der Waals surface area contributed by atoms with Crippen molar-refractivity contribution >= 4 is 50.7 Å². The van der Waals surface area contributed by atoms with Crippen molar-refractivity contribution in [1.82, 2.24) is 9.97 Å². The zero-order valence-electron chi connectivity index (χ0n) is 16.9. The predicted molar refractivity (Wildman–Crippen MR) is 126 cm³/mol. The second-order valence-corrected chi connectivity index (χ2v) is 8.86. The van der Waals surface area contributed by atoms with Gasteiger partial charge in [-0.1, -0.05) is 53.7 Å². The number of benzene rings is 2. The molecule has 31 heavy (non-hydrogen) atoms. The maximum atomic E-state index is 12.7. The monoisotopic (exact) mass is 449 g/mol. The highest BCUT2D eigenvalue weighted by molar-refractivity contribution is 7.99. The van der Waals surface area contributed by atoms with Crippen LogP contribution in [0.25, 0.3) is 21.3 Å². The van der Waals surface area contributed by atoms with E-state index < -0.39 is 0 Å². The van der Waals surface area contributed by atoms with Gasteiger partial charge in [0.1, 0.15) is 4.83 Å². The number of hydrogen-bond donors (Lipinski definition) is 2. The third-order valence-electron chi connectivity index (χ3n) is 4.68. The lowest BCUT2D eigenvalue weighted by Gasteiger charge is -2.06. The summed E-state index contributed by atoms with van der Waals surface area (Å²) >= 11 is 2.56. The summed E-state index contributed by atoms with van der Waals surface area (Å²) in [7, 11) is 0. The summed E-state index contributed by atoms with van der Waals surface area (Å²) in [5, 5.41) is 5.64. The van der Waals surface area contributed by atoms with Gasteiger partial charge >= 0.3 is 0 Å². The third-order valence-corrected chi connectivity index (χ3v) is 6.42. The van der Waals surface area contributed by atoms with E-state index >= 15 is 0 Å². The van der Waals surface area contributed by atoms with Crippen LogP contribution in [0, 0.1) is 6.92 Å². The van der Waals surface area contributed by atoms with Crippen LogP contribution in [0.4, 0.5) is 5.69 Å². The molecule has 0 saturated carbocycles. The molecule has 1 amide bonds. The molecular weight excluding hydrogens is 430 g/mol. The molecule has 0 bridgehead atoms. The van der Waals surface area contributed by atoms with Crippen LogP contribution in [-0.4, -0.2) is 27.4 Å². The van der Waals surface area contributed by atoms with Crippen LogP contribution in [-0.2, 0) is 4.79 Å². The summed E-state index contributed by atoms with van der Waals surface area (Å²) in [6.07, 6.45) is 0. The molecule has 0 aliphatic heterocycles. The number of aromatic amines is 1. The molecule has 6 nitrogen and oxygen atoms in total. The number of aromatic nitrogens is 2. The van der Waals surface area contributed by atoms with Gasteiger partial charge in [0, 0.05) is 22.2 Å². The lowest BCUT2D eigenvalue weighted by Crippen LogP contribution is -2.15. The van der Waals surface area contributed by atoms with Gasteiger partial charge in [0.2, 0.25) is 5.91 Å². The van der Waals surface area contributed by atoms with Crippen molar-refractivity contribution in [3.05, 3.63) is 75.4 Å². The van der Waals surface area contributed by atoms with E-state index in [4.69, 9.17) is 0 Å². The number of ketones is 1. The molecule has 4 rings (SSSR count). The fraction of sp³-hybridized carbons (Fsp3) is 0.130. The number of thioether (sulfide) groups is 1. The minimum absolute atomic E-state index is 0.0680. The maximum Gasteiger partial charge on any atom is 0.260 e. The van der Waals surface area contributed by atoms with Crippen LogP contribution in [0.5, 0.6) is 0 Å². The molecule has 4 aromatic rings. The van der Waals surface area contributed by atoms with Crippen LogP contribution in [0.1, 0.15) is 22.8 Å². The topological polar surface area (TPSA) is 91.9 Å². The van der Waals surface area contributed by atoms with Crippen molar-refractivity contribution < 1.29 is 9.59 Å². The Hall–Kier alpha value is -3.23. The van der Waals surface area contributed by atoms with Gasteiger partial charge in [-0.2, -0.15) is 0 Å². The van der Waals surface area contributed by atoms with Gasteiger partial charge in [-0.15, -0.1) is 11.3 Å². The van der Waals surface area contributed by atoms with Crippen molar-refractivity contribution in [3.63, 3.8) is 0 Å². The van der Waals surface area contributed by atoms with Gasteiger partial charge in [-0.25, -0.2) is 4.98 Å². The molecule has 2 N–H and O–H groups in total. The molecule has 0 spiro atoms. The van der Waals surface area contributed by atoms with Gasteiger partial charge in [0.05, 0.1) is 11.1 Å². The number of rotatable bonds is 6. The van der Waals surface area contributed by atoms with Gasteiger partial charge in [-0.05, 0) is 31.5 Å². The summed E-state index contributed by atoms with van der Waals surface area (Å²) in [6.45, 7) is 3.49. The number of nitrogens with one attached hydrogen (secondary N) is 2. The normalized spacial score (nSPS) is 10.9. The molecule has 0 atom stereocenters. The number of fused-ring (bicyclic) bond motifs is 1. The number of amides is 1. The first-order valence-electron chi connectivity index (χ1n) is 9.53. The molecule has 0 unspecified atom stereocenters. The first-order valence-corrected chi connectivity index (χ1v) is 11.4. The van der Waals surface area contributed by atoms with Crippen molar-refractivity contribution in [2.45, 2.75) is 19.0 Å². The van der Waals surface area contributed by atoms with E-state index in [1.807, 2.05) is 36.6 Å². The second kappa shape index (κ2) is 8.87. The molecule has 0 radical (unpaired) electrons. The quantitative estimate of drug-likeness (QED) is 0.248. The average molecular weight is 450 g/mol. The molecule has 2 aromatic heterocycles. The summed E-state index contributed by atoms with van der Waals surface area (Å²) < 4.78 is 0. The number of anilines is 1. The van der Waals surface area contributed by atoms with Crippen LogP contribution < -0.4 is 10.9 Å². The molecule has 8 heteroatoms. The van der Waals surface area contributed by atoms with E-state index in [2.05, 4.69) is 15.3 Å². The number of H-pyrrole nitrogens is 1. The number of nitrogens with zero attached hydrogens (tertiary/aromatic N) is 1. The first-order chi connectivity index (χ1) is 14.9. The van der Waals surface area contributed by atoms with Gasteiger partial charge in [0.25, 0.3) is 5.56 Å². The summed E-state index contributed by atoms with van der Waals surface area (Å²) in [4.78, 5) is 44.4. The minimum atomic E-state index is -0.250. The number of aryl methyl sites for hydroxylation is 1. The molecule has 0 aliphatic carbocycles. The highest BCUT2D eigenvalue weighted by atomic mass is 32.2. The van der Waals surface area contributed by atoms with Crippen molar-refractivity contribution in [2.24, 2.45) is 0 Å². The Kier molecular flexibility index (Phi) is 6.01. The zero-order chi connectivity index (χ0) is 22.0. The lowest BCUT2D eigenvalue weighted by molar-refractivity contribution is -0.113. The van der Waals surface area contributed by atoms with Crippen LogP contribution in [0.15, 0.2) is 63.9 Å². The first kappa shape index (κ1) is 21.0. The van der Waals surface area contributed by atoms with Crippen molar-refractivity contribution in [1.29, 1.82) is 0 Å². The van der Waals surface area contributed by atoms with Gasteiger partial charge in [0.15, 0.2) is 10.9 Å². The Labute approximate surface area is 186 Å². The Balaban J connectivity index is 1.49. The number of thiophene rings is 1. The molecule has 156 valence electrons. The van der Waals surface area contributed by atoms with E-state index in [0.29, 0.717) is 26.6 Å². The van der Waals surface area contributed by atoms with Crippen LogP contribution in [0.2, 0.25) is 0 Å². The smallest absolute Gasteiger partial charge is 0.260 e. The molecule has 2 aromatic carbocycles. The Morgan fingerprint density at radius 2 is 1.94 bits per heavy atom. The summed E-state index contributed by atoms with van der Waals surface area (Å²) in [5.41, 5.74) is 3.84.